The third kappa shape index (κ3) is 2.72. The van der Waals surface area contributed by atoms with E-state index in [1.807, 2.05) is 0 Å². The molecule has 112 valence electrons. The van der Waals surface area contributed by atoms with E-state index >= 15 is 0 Å². The summed E-state index contributed by atoms with van der Waals surface area (Å²) in [4.78, 5) is 4.45. The summed E-state index contributed by atoms with van der Waals surface area (Å²) >= 11 is 0. The van der Waals surface area contributed by atoms with Gasteiger partial charge in [-0.25, -0.2) is 0 Å². The maximum absolute atomic E-state index is 12.3. The van der Waals surface area contributed by atoms with E-state index in [0.717, 1.165) is 11.3 Å². The van der Waals surface area contributed by atoms with Crippen molar-refractivity contribution in [1.29, 1.82) is 0 Å². The normalized spacial score (nSPS) is 14.9. The van der Waals surface area contributed by atoms with Crippen molar-refractivity contribution < 1.29 is 22.6 Å². The molecule has 0 unspecified atom stereocenters. The van der Waals surface area contributed by atoms with Gasteiger partial charge >= 0.3 is 6.36 Å². The van der Waals surface area contributed by atoms with Gasteiger partial charge in [0.2, 0.25) is 0 Å². The first-order valence-electron chi connectivity index (χ1n) is 6.23. The molecule has 0 radical (unpaired) electrons. The van der Waals surface area contributed by atoms with Gasteiger partial charge in [0.05, 0.1) is 30.1 Å². The molecule has 5 nitrogen and oxygen atoms in total. The van der Waals surface area contributed by atoms with E-state index in [-0.39, 0.29) is 5.75 Å². The number of nitrogen functional groups attached to an aromatic ring is 1. The Bertz CT molecular complexity index is 688. The second kappa shape index (κ2) is 5.05. The molecule has 3 rings (SSSR count). The molecule has 0 saturated carbocycles. The Morgan fingerprint density at radius 1 is 1.33 bits per heavy atom. The van der Waals surface area contributed by atoms with Crippen molar-refractivity contribution >= 4 is 16.6 Å². The van der Waals surface area contributed by atoms with E-state index in [1.165, 1.54) is 18.2 Å². The smallest absolute Gasteiger partial charge is 0.406 e. The quantitative estimate of drug-likeness (QED) is 0.658. The predicted octanol–water partition coefficient (Wildman–Crippen LogP) is 2.49. The molecule has 0 fully saturated rings. The Hall–Kier alpha value is -2.06. The molecule has 0 aliphatic carbocycles. The van der Waals surface area contributed by atoms with E-state index in [4.69, 9.17) is 10.6 Å². The molecule has 2 heterocycles. The summed E-state index contributed by atoms with van der Waals surface area (Å²) in [6.07, 6.45) is -4.10. The van der Waals surface area contributed by atoms with Crippen LogP contribution >= 0.6 is 0 Å². The molecule has 21 heavy (non-hydrogen) atoms. The first kappa shape index (κ1) is 13.9. The molecule has 0 bridgehead atoms. The topological polar surface area (TPSA) is 69.4 Å². The van der Waals surface area contributed by atoms with Gasteiger partial charge in [0.15, 0.2) is 0 Å². The monoisotopic (exact) mass is 299 g/mol. The zero-order valence-corrected chi connectivity index (χ0v) is 10.8. The van der Waals surface area contributed by atoms with E-state index in [1.54, 1.807) is 0 Å². The fourth-order valence-electron chi connectivity index (χ4n) is 2.40. The number of anilines is 1. The number of hydrazine groups is 1. The summed E-state index contributed by atoms with van der Waals surface area (Å²) < 4.78 is 46.2. The molecule has 0 spiro atoms. The van der Waals surface area contributed by atoms with Gasteiger partial charge in [-0.15, -0.1) is 13.2 Å². The number of alkyl halides is 3. The number of benzene rings is 1. The Labute approximate surface area is 117 Å². The number of pyridine rings is 1. The molecule has 1 aromatic carbocycles. The molecule has 1 aliphatic heterocycles. The minimum absolute atomic E-state index is 0.315. The van der Waals surface area contributed by atoms with Crippen LogP contribution in [0.15, 0.2) is 18.2 Å². The number of rotatable bonds is 2. The van der Waals surface area contributed by atoms with Crippen LogP contribution in [0.1, 0.15) is 11.3 Å². The van der Waals surface area contributed by atoms with Crippen LogP contribution in [0.5, 0.6) is 5.75 Å². The number of nitrogens with zero attached hydrogens (tertiary/aromatic N) is 1. The van der Waals surface area contributed by atoms with Crippen molar-refractivity contribution in [3.05, 3.63) is 29.5 Å². The molecule has 1 aliphatic rings. The van der Waals surface area contributed by atoms with Crippen molar-refractivity contribution in [2.75, 3.05) is 12.0 Å². The van der Waals surface area contributed by atoms with E-state index in [9.17, 15) is 13.2 Å². The number of nitrogens with two attached hydrogens (primary N) is 1. The third-order valence-electron chi connectivity index (χ3n) is 3.25. The number of hydrogen-bond acceptors (Lipinski definition) is 5. The van der Waals surface area contributed by atoms with Gasteiger partial charge in [-0.3, -0.25) is 10.8 Å². The van der Waals surface area contributed by atoms with Crippen LogP contribution in [0.3, 0.4) is 0 Å². The first-order chi connectivity index (χ1) is 9.98. The highest BCUT2D eigenvalue weighted by atomic mass is 19.4. The molecule has 0 amide bonds. The highest BCUT2D eigenvalue weighted by molar-refractivity contribution is 5.94. The minimum Gasteiger partial charge on any atom is -0.406 e. The standard InChI is InChI=1S/C13H12F3N3O2/c14-13(15,16)21-7-1-2-10-8(5-7)12(19-17)9-6-20-4-3-11(9)18-10/h1-2,5H,3-4,6,17H2,(H,18,19). The lowest BCUT2D eigenvalue weighted by atomic mass is 10.0. The highest BCUT2D eigenvalue weighted by Crippen LogP contribution is 2.34. The van der Waals surface area contributed by atoms with Crippen LogP contribution in [0.25, 0.3) is 10.9 Å². The summed E-state index contributed by atoms with van der Waals surface area (Å²) in [5, 5.41) is 0.462. The molecule has 0 atom stereocenters. The van der Waals surface area contributed by atoms with Crippen LogP contribution in [0.4, 0.5) is 18.9 Å². The number of nitrogens with one attached hydrogen (secondary N) is 1. The molecular formula is C13H12F3N3O2. The van der Waals surface area contributed by atoms with Gasteiger partial charge in [0, 0.05) is 17.4 Å². The molecular weight excluding hydrogens is 287 g/mol. The van der Waals surface area contributed by atoms with Gasteiger partial charge < -0.3 is 14.9 Å². The Balaban J connectivity index is 2.15. The Morgan fingerprint density at radius 2 is 2.14 bits per heavy atom. The lowest BCUT2D eigenvalue weighted by Gasteiger charge is -2.21. The van der Waals surface area contributed by atoms with E-state index < -0.39 is 6.36 Å². The molecule has 2 aromatic rings. The lowest BCUT2D eigenvalue weighted by molar-refractivity contribution is -0.274. The average Bonchev–Trinajstić information content (AvgIpc) is 2.43. The highest BCUT2D eigenvalue weighted by Gasteiger charge is 2.31. The van der Waals surface area contributed by atoms with E-state index in [2.05, 4.69) is 15.1 Å². The molecule has 3 N–H and O–H groups in total. The summed E-state index contributed by atoms with van der Waals surface area (Å²) in [5.41, 5.74) is 5.20. The maximum Gasteiger partial charge on any atom is 0.573 e. The third-order valence-corrected chi connectivity index (χ3v) is 3.25. The largest absolute Gasteiger partial charge is 0.573 e. The Kier molecular flexibility index (Phi) is 3.34. The first-order valence-corrected chi connectivity index (χ1v) is 6.23. The number of hydrogen-bond donors (Lipinski definition) is 2. The number of aromatic nitrogens is 1. The van der Waals surface area contributed by atoms with Gasteiger partial charge in [-0.1, -0.05) is 0 Å². The molecule has 0 saturated heterocycles. The fraction of sp³-hybridized carbons (Fsp3) is 0.308. The molecule has 8 heteroatoms. The molecule has 1 aromatic heterocycles. The van der Waals surface area contributed by atoms with Gasteiger partial charge in [0.25, 0.3) is 0 Å². The van der Waals surface area contributed by atoms with Crippen molar-refractivity contribution in [3.8, 4) is 5.75 Å². The van der Waals surface area contributed by atoms with Gasteiger partial charge in [-0.2, -0.15) is 0 Å². The summed E-state index contributed by atoms with van der Waals surface area (Å²) in [5.74, 6) is 5.21. The van der Waals surface area contributed by atoms with Gasteiger partial charge in [0.1, 0.15) is 5.75 Å². The lowest BCUT2D eigenvalue weighted by Crippen LogP contribution is -2.19. The van der Waals surface area contributed by atoms with E-state index in [0.29, 0.717) is 36.2 Å². The van der Waals surface area contributed by atoms with Gasteiger partial charge in [-0.05, 0) is 18.2 Å². The summed E-state index contributed by atoms with van der Waals surface area (Å²) in [6, 6.07) is 3.97. The summed E-state index contributed by atoms with van der Waals surface area (Å²) in [6.45, 7) is 0.882. The number of ether oxygens (including phenoxy) is 2. The van der Waals surface area contributed by atoms with Crippen molar-refractivity contribution in [3.63, 3.8) is 0 Å². The zero-order chi connectivity index (χ0) is 15.0. The second-order valence-electron chi connectivity index (χ2n) is 4.59. The zero-order valence-electron chi connectivity index (χ0n) is 10.8. The minimum atomic E-state index is -4.74. The maximum atomic E-state index is 12.3. The summed E-state index contributed by atoms with van der Waals surface area (Å²) in [7, 11) is 0. The Morgan fingerprint density at radius 3 is 2.86 bits per heavy atom. The second-order valence-corrected chi connectivity index (χ2v) is 4.59. The van der Waals surface area contributed by atoms with Crippen LogP contribution < -0.4 is 16.0 Å². The van der Waals surface area contributed by atoms with Crippen LogP contribution in [0.2, 0.25) is 0 Å². The van der Waals surface area contributed by atoms with Crippen LogP contribution in [-0.2, 0) is 17.8 Å². The van der Waals surface area contributed by atoms with Crippen LogP contribution in [0, 0.1) is 0 Å². The van der Waals surface area contributed by atoms with Crippen molar-refractivity contribution in [2.24, 2.45) is 5.84 Å². The number of halogens is 3. The predicted molar refractivity (Wildman–Crippen MR) is 69.6 cm³/mol. The van der Waals surface area contributed by atoms with Crippen molar-refractivity contribution in [1.82, 2.24) is 4.98 Å². The number of fused-ring (bicyclic) bond motifs is 2. The van der Waals surface area contributed by atoms with Crippen molar-refractivity contribution in [2.45, 2.75) is 19.4 Å². The fourth-order valence-corrected chi connectivity index (χ4v) is 2.40. The van der Waals surface area contributed by atoms with Crippen LogP contribution in [-0.4, -0.2) is 18.0 Å². The SMILES string of the molecule is NNc1c2c(nc3ccc(OC(F)(F)F)cc13)CCOC2. The average molecular weight is 299 g/mol.